The molecule has 1 aliphatic heterocycles. The summed E-state index contributed by atoms with van der Waals surface area (Å²) in [5, 5.41) is 0. The third-order valence-electron chi connectivity index (χ3n) is 6.07. The molecule has 3 fully saturated rings. The summed E-state index contributed by atoms with van der Waals surface area (Å²) in [6.07, 6.45) is 5.43. The largest absolute Gasteiger partial charge is 0.462 e. The number of ether oxygens (including phenoxy) is 4. The van der Waals surface area contributed by atoms with Crippen LogP contribution in [0.2, 0.25) is 0 Å². The molecule has 0 spiro atoms. The van der Waals surface area contributed by atoms with Crippen molar-refractivity contribution in [1.82, 2.24) is 0 Å². The lowest BCUT2D eigenvalue weighted by molar-refractivity contribution is -0.186. The molecule has 9 heteroatoms. The summed E-state index contributed by atoms with van der Waals surface area (Å²) in [4.78, 5) is 60.9. The Bertz CT molecular complexity index is 743. The molecule has 164 valence electrons. The van der Waals surface area contributed by atoms with Gasteiger partial charge in [0.05, 0.1) is 11.8 Å². The van der Waals surface area contributed by atoms with Crippen LogP contribution < -0.4 is 0 Å². The molecular formula is C21H26O9. The highest BCUT2D eigenvalue weighted by Crippen LogP contribution is 2.44. The molecule has 0 aromatic heterocycles. The van der Waals surface area contributed by atoms with E-state index in [1.807, 2.05) is 0 Å². The molecule has 0 aromatic rings. The Morgan fingerprint density at radius 1 is 0.967 bits per heavy atom. The number of esters is 5. The number of rotatable bonds is 7. The van der Waals surface area contributed by atoms with Crippen LogP contribution in [0.3, 0.4) is 0 Å². The van der Waals surface area contributed by atoms with Gasteiger partial charge in [-0.2, -0.15) is 0 Å². The van der Waals surface area contributed by atoms with Gasteiger partial charge in [0.1, 0.15) is 19.1 Å². The van der Waals surface area contributed by atoms with Crippen molar-refractivity contribution < 1.29 is 42.9 Å². The maximum atomic E-state index is 13.0. The van der Waals surface area contributed by atoms with Crippen LogP contribution in [-0.4, -0.2) is 48.7 Å². The van der Waals surface area contributed by atoms with E-state index in [-0.39, 0.29) is 19.6 Å². The van der Waals surface area contributed by atoms with Gasteiger partial charge in [0.15, 0.2) is 0 Å². The summed E-state index contributed by atoms with van der Waals surface area (Å²) in [6.45, 7) is 3.02. The van der Waals surface area contributed by atoms with E-state index in [0.29, 0.717) is 25.7 Å². The standard InChI is InChI=1S/C21H26O9/c1-2-16(22)27-11-12-28-17(23)13-7-3-4-8-14(13)18(24)30-21-10-6-5-9-15(21)19(25)29-20(21)26/h2,13-15H,1,3-12H2. The highest BCUT2D eigenvalue weighted by Gasteiger charge is 2.62. The molecule has 3 rings (SSSR count). The van der Waals surface area contributed by atoms with E-state index < -0.39 is 53.2 Å². The number of hydrogen-bond acceptors (Lipinski definition) is 9. The van der Waals surface area contributed by atoms with E-state index in [1.54, 1.807) is 0 Å². The quantitative estimate of drug-likeness (QED) is 0.198. The first-order valence-corrected chi connectivity index (χ1v) is 10.3. The lowest BCUT2D eigenvalue weighted by atomic mass is 9.76. The van der Waals surface area contributed by atoms with Gasteiger partial charge < -0.3 is 18.9 Å². The number of cyclic esters (lactones) is 2. The van der Waals surface area contributed by atoms with Crippen LogP contribution in [-0.2, 0) is 42.9 Å². The Morgan fingerprint density at radius 3 is 2.30 bits per heavy atom. The molecule has 0 amide bonds. The second-order valence-electron chi connectivity index (χ2n) is 7.85. The van der Waals surface area contributed by atoms with E-state index in [9.17, 15) is 24.0 Å². The molecular weight excluding hydrogens is 396 g/mol. The fraction of sp³-hybridized carbons (Fsp3) is 0.667. The highest BCUT2D eigenvalue weighted by molar-refractivity contribution is 6.02. The van der Waals surface area contributed by atoms with Crippen molar-refractivity contribution in [3.8, 4) is 0 Å². The Hall–Kier alpha value is -2.71. The van der Waals surface area contributed by atoms with Gasteiger partial charge in [-0.25, -0.2) is 9.59 Å². The number of carbonyl (C=O) groups is 5. The van der Waals surface area contributed by atoms with Gasteiger partial charge in [-0.15, -0.1) is 0 Å². The van der Waals surface area contributed by atoms with Crippen LogP contribution in [0.15, 0.2) is 12.7 Å². The number of hydrogen-bond donors (Lipinski definition) is 0. The van der Waals surface area contributed by atoms with Crippen LogP contribution in [0.1, 0.15) is 51.4 Å². The Labute approximate surface area is 174 Å². The molecule has 0 bridgehead atoms. The Morgan fingerprint density at radius 2 is 1.60 bits per heavy atom. The monoisotopic (exact) mass is 422 g/mol. The van der Waals surface area contributed by atoms with E-state index in [0.717, 1.165) is 25.3 Å². The molecule has 0 aromatic carbocycles. The fourth-order valence-corrected chi connectivity index (χ4v) is 4.51. The smallest absolute Gasteiger partial charge is 0.359 e. The summed E-state index contributed by atoms with van der Waals surface area (Å²) in [7, 11) is 0. The minimum Gasteiger partial charge on any atom is -0.462 e. The van der Waals surface area contributed by atoms with E-state index in [1.165, 1.54) is 0 Å². The minimum absolute atomic E-state index is 0.114. The Kier molecular flexibility index (Phi) is 6.89. The second kappa shape index (κ2) is 9.40. The van der Waals surface area contributed by atoms with Crippen LogP contribution >= 0.6 is 0 Å². The van der Waals surface area contributed by atoms with Crippen LogP contribution in [0.5, 0.6) is 0 Å². The maximum absolute atomic E-state index is 13.0. The second-order valence-corrected chi connectivity index (χ2v) is 7.85. The van der Waals surface area contributed by atoms with Gasteiger partial charge >= 0.3 is 29.8 Å². The zero-order valence-electron chi connectivity index (χ0n) is 16.8. The molecule has 30 heavy (non-hydrogen) atoms. The summed E-state index contributed by atoms with van der Waals surface area (Å²) in [5.41, 5.74) is -1.57. The van der Waals surface area contributed by atoms with Gasteiger partial charge in [0, 0.05) is 6.08 Å². The fourth-order valence-electron chi connectivity index (χ4n) is 4.51. The number of fused-ring (bicyclic) bond motifs is 1. The molecule has 0 N–H and O–H groups in total. The van der Waals surface area contributed by atoms with Crippen molar-refractivity contribution in [1.29, 1.82) is 0 Å². The van der Waals surface area contributed by atoms with Gasteiger partial charge in [-0.3, -0.25) is 14.4 Å². The zero-order valence-corrected chi connectivity index (χ0v) is 16.8. The first kappa shape index (κ1) is 22.0. The van der Waals surface area contributed by atoms with Crippen LogP contribution in [0, 0.1) is 17.8 Å². The van der Waals surface area contributed by atoms with Crippen molar-refractivity contribution in [3.63, 3.8) is 0 Å². The molecule has 4 unspecified atom stereocenters. The average molecular weight is 422 g/mol. The molecule has 1 heterocycles. The van der Waals surface area contributed by atoms with Gasteiger partial charge in [0.2, 0.25) is 5.60 Å². The minimum atomic E-state index is -1.57. The normalized spacial score (nSPS) is 30.6. The molecule has 0 radical (unpaired) electrons. The first-order chi connectivity index (χ1) is 14.4. The summed E-state index contributed by atoms with van der Waals surface area (Å²) in [5.74, 6) is -5.59. The average Bonchev–Trinajstić information content (AvgIpc) is 3.00. The summed E-state index contributed by atoms with van der Waals surface area (Å²) in [6, 6.07) is 0. The number of carbonyl (C=O) groups excluding carboxylic acids is 5. The first-order valence-electron chi connectivity index (χ1n) is 10.3. The van der Waals surface area contributed by atoms with Gasteiger partial charge in [0.25, 0.3) is 0 Å². The predicted octanol–water partition coefficient (Wildman–Crippen LogP) is 1.62. The SMILES string of the molecule is C=CC(=O)OCCOC(=O)C1CCCCC1C(=O)OC12CCCCC1C(=O)OC2=O. The lowest BCUT2D eigenvalue weighted by Crippen LogP contribution is -2.50. The van der Waals surface area contributed by atoms with Crippen molar-refractivity contribution in [2.45, 2.75) is 57.0 Å². The Balaban J connectivity index is 1.64. The van der Waals surface area contributed by atoms with E-state index in [4.69, 9.17) is 18.9 Å². The van der Waals surface area contributed by atoms with Crippen molar-refractivity contribution in [2.75, 3.05) is 13.2 Å². The summed E-state index contributed by atoms with van der Waals surface area (Å²) >= 11 is 0. The summed E-state index contributed by atoms with van der Waals surface area (Å²) < 4.78 is 20.4. The third kappa shape index (κ3) is 4.39. The van der Waals surface area contributed by atoms with Crippen LogP contribution in [0.25, 0.3) is 0 Å². The topological polar surface area (TPSA) is 122 Å². The van der Waals surface area contributed by atoms with Crippen LogP contribution in [0.4, 0.5) is 0 Å². The van der Waals surface area contributed by atoms with Crippen molar-refractivity contribution >= 4 is 29.8 Å². The van der Waals surface area contributed by atoms with Crippen molar-refractivity contribution in [2.24, 2.45) is 17.8 Å². The molecule has 9 nitrogen and oxygen atoms in total. The zero-order chi connectivity index (χ0) is 21.7. The van der Waals surface area contributed by atoms with Gasteiger partial charge in [-0.05, 0) is 32.1 Å². The lowest BCUT2D eigenvalue weighted by Gasteiger charge is -2.36. The molecule has 4 atom stereocenters. The molecule has 2 saturated carbocycles. The van der Waals surface area contributed by atoms with E-state index in [2.05, 4.69) is 6.58 Å². The van der Waals surface area contributed by atoms with E-state index >= 15 is 0 Å². The highest BCUT2D eigenvalue weighted by atomic mass is 16.6. The molecule has 3 aliphatic rings. The molecule has 1 saturated heterocycles. The maximum Gasteiger partial charge on any atom is 0.359 e. The molecule has 2 aliphatic carbocycles. The van der Waals surface area contributed by atoms with Gasteiger partial charge in [-0.1, -0.05) is 25.8 Å². The third-order valence-corrected chi connectivity index (χ3v) is 6.07. The van der Waals surface area contributed by atoms with Crippen molar-refractivity contribution in [3.05, 3.63) is 12.7 Å². The predicted molar refractivity (Wildman–Crippen MR) is 99.4 cm³/mol.